The molecule has 0 aromatic heterocycles. The van der Waals surface area contributed by atoms with Gasteiger partial charge < -0.3 is 20.5 Å². The standard InChI is InChI=1S/C15H26N2O4/c1-9(13-6-10-3-4-11(13)5-10)17-15(20)16-8-12(21-2)7-14(18)19/h9-13H,3-8H2,1-2H3,(H,18,19)(H2,16,17,20). The van der Waals surface area contributed by atoms with Crippen molar-refractivity contribution >= 4 is 12.0 Å². The minimum atomic E-state index is -0.931. The van der Waals surface area contributed by atoms with E-state index in [9.17, 15) is 9.59 Å². The summed E-state index contributed by atoms with van der Waals surface area (Å²) in [5.41, 5.74) is 0. The zero-order valence-corrected chi connectivity index (χ0v) is 12.8. The molecule has 2 aliphatic rings. The first-order valence-corrected chi connectivity index (χ1v) is 7.78. The van der Waals surface area contributed by atoms with Crippen molar-refractivity contribution in [2.24, 2.45) is 17.8 Å². The quantitative estimate of drug-likeness (QED) is 0.666. The van der Waals surface area contributed by atoms with Crippen molar-refractivity contribution in [3.8, 4) is 0 Å². The van der Waals surface area contributed by atoms with E-state index in [0.29, 0.717) is 5.92 Å². The van der Waals surface area contributed by atoms with Gasteiger partial charge in [0.1, 0.15) is 0 Å². The van der Waals surface area contributed by atoms with Crippen molar-refractivity contribution in [1.82, 2.24) is 10.6 Å². The predicted molar refractivity (Wildman–Crippen MR) is 78.0 cm³/mol. The van der Waals surface area contributed by atoms with E-state index in [1.54, 1.807) is 0 Å². The monoisotopic (exact) mass is 298 g/mol. The highest BCUT2D eigenvalue weighted by molar-refractivity contribution is 5.74. The molecule has 0 saturated heterocycles. The zero-order chi connectivity index (χ0) is 15.4. The lowest BCUT2D eigenvalue weighted by Gasteiger charge is -2.28. The van der Waals surface area contributed by atoms with Gasteiger partial charge in [0.25, 0.3) is 0 Å². The van der Waals surface area contributed by atoms with Crippen LogP contribution in [0.15, 0.2) is 0 Å². The molecule has 0 aromatic carbocycles. The van der Waals surface area contributed by atoms with Crippen molar-refractivity contribution < 1.29 is 19.4 Å². The molecule has 5 unspecified atom stereocenters. The molecule has 5 atom stereocenters. The summed E-state index contributed by atoms with van der Waals surface area (Å²) < 4.78 is 5.03. The van der Waals surface area contributed by atoms with Gasteiger partial charge in [-0.3, -0.25) is 4.79 Å². The summed E-state index contributed by atoms with van der Waals surface area (Å²) in [6.07, 6.45) is 4.59. The number of amides is 2. The number of carboxylic acids is 1. The normalized spacial score (nSPS) is 29.9. The third-order valence-corrected chi connectivity index (χ3v) is 5.02. The SMILES string of the molecule is COC(CNC(=O)NC(C)C1CC2CCC1C2)CC(=O)O. The minimum Gasteiger partial charge on any atom is -0.481 e. The molecule has 3 N–H and O–H groups in total. The Hall–Kier alpha value is -1.30. The lowest BCUT2D eigenvalue weighted by atomic mass is 9.84. The summed E-state index contributed by atoms with van der Waals surface area (Å²) in [4.78, 5) is 22.5. The van der Waals surface area contributed by atoms with Crippen molar-refractivity contribution in [2.45, 2.75) is 51.2 Å². The summed E-state index contributed by atoms with van der Waals surface area (Å²) >= 11 is 0. The summed E-state index contributed by atoms with van der Waals surface area (Å²) in [5, 5.41) is 14.4. The van der Waals surface area contributed by atoms with Gasteiger partial charge >= 0.3 is 12.0 Å². The van der Waals surface area contributed by atoms with Crippen LogP contribution in [-0.4, -0.2) is 42.9 Å². The maximum Gasteiger partial charge on any atom is 0.315 e. The van der Waals surface area contributed by atoms with E-state index < -0.39 is 12.1 Å². The molecular weight excluding hydrogens is 272 g/mol. The van der Waals surface area contributed by atoms with Crippen molar-refractivity contribution in [3.05, 3.63) is 0 Å². The average Bonchev–Trinajstić information content (AvgIpc) is 3.05. The summed E-state index contributed by atoms with van der Waals surface area (Å²) in [6, 6.07) is -0.0709. The molecule has 2 amide bonds. The Kier molecular flexibility index (Phi) is 5.45. The van der Waals surface area contributed by atoms with Crippen LogP contribution in [-0.2, 0) is 9.53 Å². The van der Waals surface area contributed by atoms with E-state index in [1.165, 1.54) is 32.8 Å². The Labute approximate surface area is 125 Å². The van der Waals surface area contributed by atoms with Crippen molar-refractivity contribution in [3.63, 3.8) is 0 Å². The Balaban J connectivity index is 1.70. The van der Waals surface area contributed by atoms with Crippen LogP contribution in [0.1, 0.15) is 39.0 Å². The van der Waals surface area contributed by atoms with E-state index >= 15 is 0 Å². The highest BCUT2D eigenvalue weighted by atomic mass is 16.5. The predicted octanol–water partition coefficient (Wildman–Crippen LogP) is 1.60. The summed E-state index contributed by atoms with van der Waals surface area (Å²) in [5.74, 6) is 1.29. The molecule has 2 saturated carbocycles. The molecule has 0 heterocycles. The Morgan fingerprint density at radius 1 is 1.33 bits per heavy atom. The molecule has 0 spiro atoms. The fraction of sp³-hybridized carbons (Fsp3) is 0.867. The molecule has 2 bridgehead atoms. The maximum absolute atomic E-state index is 11.9. The number of hydrogen-bond acceptors (Lipinski definition) is 3. The first-order valence-electron chi connectivity index (χ1n) is 7.78. The minimum absolute atomic E-state index is 0.112. The molecule has 2 fully saturated rings. The van der Waals surface area contributed by atoms with Gasteiger partial charge in [-0.2, -0.15) is 0 Å². The van der Waals surface area contributed by atoms with E-state index in [-0.39, 0.29) is 25.0 Å². The van der Waals surface area contributed by atoms with Crippen LogP contribution in [0.4, 0.5) is 4.79 Å². The number of carbonyl (C=O) groups is 2. The fourth-order valence-corrected chi connectivity index (χ4v) is 3.91. The summed E-state index contributed by atoms with van der Waals surface area (Å²) in [7, 11) is 1.45. The Bertz CT molecular complexity index is 388. The second-order valence-electron chi connectivity index (χ2n) is 6.44. The summed E-state index contributed by atoms with van der Waals surface area (Å²) in [6.45, 7) is 2.27. The number of rotatable bonds is 7. The van der Waals surface area contributed by atoms with Crippen molar-refractivity contribution in [1.29, 1.82) is 0 Å². The molecule has 2 rings (SSSR count). The third kappa shape index (κ3) is 4.33. The molecule has 0 aliphatic heterocycles. The highest BCUT2D eigenvalue weighted by Crippen LogP contribution is 2.49. The van der Waals surface area contributed by atoms with Gasteiger partial charge in [-0.1, -0.05) is 6.42 Å². The molecule has 21 heavy (non-hydrogen) atoms. The molecule has 0 radical (unpaired) electrons. The van der Waals surface area contributed by atoms with Gasteiger partial charge in [0.15, 0.2) is 0 Å². The number of nitrogens with one attached hydrogen (secondary N) is 2. The van der Waals surface area contributed by atoms with Crippen molar-refractivity contribution in [2.75, 3.05) is 13.7 Å². The van der Waals surface area contributed by atoms with Gasteiger partial charge in [0.05, 0.1) is 12.5 Å². The lowest BCUT2D eigenvalue weighted by Crippen LogP contribution is -2.47. The number of ether oxygens (including phenoxy) is 1. The van der Waals surface area contributed by atoms with Crippen LogP contribution in [0.5, 0.6) is 0 Å². The van der Waals surface area contributed by atoms with E-state index in [1.807, 2.05) is 0 Å². The maximum atomic E-state index is 11.9. The fourth-order valence-electron chi connectivity index (χ4n) is 3.91. The van der Waals surface area contributed by atoms with Crippen LogP contribution in [0.25, 0.3) is 0 Å². The molecule has 120 valence electrons. The van der Waals surface area contributed by atoms with Gasteiger partial charge in [-0.05, 0) is 43.9 Å². The third-order valence-electron chi connectivity index (χ3n) is 5.02. The molecule has 0 aromatic rings. The number of fused-ring (bicyclic) bond motifs is 2. The number of hydrogen-bond donors (Lipinski definition) is 3. The van der Waals surface area contributed by atoms with E-state index in [4.69, 9.17) is 9.84 Å². The lowest BCUT2D eigenvalue weighted by molar-refractivity contribution is -0.139. The number of aliphatic carboxylic acids is 1. The number of urea groups is 1. The van der Waals surface area contributed by atoms with Crippen LogP contribution >= 0.6 is 0 Å². The van der Waals surface area contributed by atoms with Gasteiger partial charge in [0.2, 0.25) is 0 Å². The molecule has 6 nitrogen and oxygen atoms in total. The second kappa shape index (κ2) is 7.11. The number of carboxylic acid groups (broad SMARTS) is 1. The zero-order valence-electron chi connectivity index (χ0n) is 12.8. The topological polar surface area (TPSA) is 87.7 Å². The number of carbonyl (C=O) groups excluding carboxylic acids is 1. The van der Waals surface area contributed by atoms with Gasteiger partial charge in [-0.15, -0.1) is 0 Å². The smallest absolute Gasteiger partial charge is 0.315 e. The van der Waals surface area contributed by atoms with Gasteiger partial charge in [0, 0.05) is 19.7 Å². The molecule has 6 heteroatoms. The van der Waals surface area contributed by atoms with Crippen LogP contribution in [0, 0.1) is 17.8 Å². The Morgan fingerprint density at radius 3 is 2.62 bits per heavy atom. The molecular formula is C15H26N2O4. The second-order valence-corrected chi connectivity index (χ2v) is 6.44. The van der Waals surface area contributed by atoms with Crippen LogP contribution in [0.3, 0.4) is 0 Å². The van der Waals surface area contributed by atoms with E-state index in [0.717, 1.165) is 11.8 Å². The number of methoxy groups -OCH3 is 1. The molecule has 2 aliphatic carbocycles. The Morgan fingerprint density at radius 2 is 2.10 bits per heavy atom. The first-order chi connectivity index (χ1) is 9.99. The first kappa shape index (κ1) is 16.1. The largest absolute Gasteiger partial charge is 0.481 e. The highest BCUT2D eigenvalue weighted by Gasteiger charge is 2.42. The van der Waals surface area contributed by atoms with Crippen LogP contribution < -0.4 is 10.6 Å². The van der Waals surface area contributed by atoms with E-state index in [2.05, 4.69) is 17.6 Å². The van der Waals surface area contributed by atoms with Gasteiger partial charge in [-0.25, -0.2) is 4.79 Å². The van der Waals surface area contributed by atoms with Crippen LogP contribution in [0.2, 0.25) is 0 Å². The average molecular weight is 298 g/mol.